The molecule has 0 unspecified atom stereocenters. The Balaban J connectivity index is 1.24. The lowest BCUT2D eigenvalue weighted by molar-refractivity contribution is -0.116. The Hall–Kier alpha value is -3.32. The summed E-state index contributed by atoms with van der Waals surface area (Å²) in [7, 11) is 0. The number of nitrogens with one attached hydrogen (secondary N) is 1. The Morgan fingerprint density at radius 1 is 0.938 bits per heavy atom. The SMILES string of the molecule is O=C1CCc2ccc(OCCCCN(CCc3cccnc3)Cc3ccncc3)nc2N1. The van der Waals surface area contributed by atoms with Crippen molar-refractivity contribution in [3.05, 3.63) is 77.9 Å². The summed E-state index contributed by atoms with van der Waals surface area (Å²) in [6.07, 6.45) is 11.6. The molecule has 0 spiro atoms. The average molecular weight is 432 g/mol. The third kappa shape index (κ3) is 6.59. The van der Waals surface area contributed by atoms with Crippen molar-refractivity contribution in [3.8, 4) is 5.88 Å². The van der Waals surface area contributed by atoms with Crippen LogP contribution in [-0.2, 0) is 24.2 Å². The van der Waals surface area contributed by atoms with Crippen LogP contribution in [0, 0.1) is 0 Å². The van der Waals surface area contributed by atoms with Crippen LogP contribution >= 0.6 is 0 Å². The monoisotopic (exact) mass is 431 g/mol. The van der Waals surface area contributed by atoms with Crippen molar-refractivity contribution in [2.24, 2.45) is 0 Å². The third-order valence-electron chi connectivity index (χ3n) is 5.55. The van der Waals surface area contributed by atoms with E-state index < -0.39 is 0 Å². The maximum atomic E-state index is 11.6. The molecule has 0 atom stereocenters. The van der Waals surface area contributed by atoms with Crippen molar-refractivity contribution in [2.75, 3.05) is 25.0 Å². The van der Waals surface area contributed by atoms with Crippen LogP contribution in [-0.4, -0.2) is 45.5 Å². The summed E-state index contributed by atoms with van der Waals surface area (Å²) in [6, 6.07) is 12.1. The molecule has 3 aromatic rings. The quantitative estimate of drug-likeness (QED) is 0.467. The van der Waals surface area contributed by atoms with Gasteiger partial charge in [-0.3, -0.25) is 19.7 Å². The number of carbonyl (C=O) groups excluding carboxylic acids is 1. The molecule has 0 fully saturated rings. The summed E-state index contributed by atoms with van der Waals surface area (Å²) in [5.74, 6) is 1.22. The number of hydrogen-bond donors (Lipinski definition) is 1. The van der Waals surface area contributed by atoms with Gasteiger partial charge in [-0.2, -0.15) is 4.98 Å². The molecule has 4 rings (SSSR count). The van der Waals surface area contributed by atoms with Gasteiger partial charge < -0.3 is 10.1 Å². The highest BCUT2D eigenvalue weighted by Crippen LogP contribution is 2.23. The number of anilines is 1. The summed E-state index contributed by atoms with van der Waals surface area (Å²) in [5, 5.41) is 2.82. The smallest absolute Gasteiger partial charge is 0.225 e. The van der Waals surface area contributed by atoms with Gasteiger partial charge in [0, 0.05) is 50.4 Å². The number of nitrogens with zero attached hydrogens (tertiary/aromatic N) is 4. The van der Waals surface area contributed by atoms with Gasteiger partial charge in [0.15, 0.2) is 0 Å². The zero-order chi connectivity index (χ0) is 22.0. The number of ether oxygens (including phenoxy) is 1. The van der Waals surface area contributed by atoms with Crippen LogP contribution in [0.25, 0.3) is 0 Å². The van der Waals surface area contributed by atoms with Crippen LogP contribution in [0.4, 0.5) is 5.82 Å². The van der Waals surface area contributed by atoms with Crippen LogP contribution in [0.1, 0.15) is 36.0 Å². The summed E-state index contributed by atoms with van der Waals surface area (Å²) in [4.78, 5) is 26.8. The third-order valence-corrected chi connectivity index (χ3v) is 5.55. The first-order chi connectivity index (χ1) is 15.8. The second-order valence-electron chi connectivity index (χ2n) is 8.00. The number of pyridine rings is 3. The van der Waals surface area contributed by atoms with Gasteiger partial charge >= 0.3 is 0 Å². The van der Waals surface area contributed by atoms with E-state index in [9.17, 15) is 4.79 Å². The molecule has 0 aliphatic carbocycles. The van der Waals surface area contributed by atoms with Gasteiger partial charge in [0.1, 0.15) is 5.82 Å². The van der Waals surface area contributed by atoms with Gasteiger partial charge in [0.05, 0.1) is 6.61 Å². The standard InChI is InChI=1S/C25H29N5O2/c31-23-7-5-22-6-8-24(29-25(22)28-23)32-17-2-1-15-30(19-21-9-13-26-14-10-21)16-11-20-4-3-12-27-18-20/h3-4,6,8-10,12-14,18H,1-2,5,7,11,15-17,19H2,(H,28,29,31). The number of rotatable bonds is 11. The Labute approximate surface area is 188 Å². The van der Waals surface area contributed by atoms with E-state index in [1.54, 1.807) is 0 Å². The van der Waals surface area contributed by atoms with E-state index in [-0.39, 0.29) is 5.91 Å². The second-order valence-corrected chi connectivity index (χ2v) is 8.00. The highest BCUT2D eigenvalue weighted by Gasteiger charge is 2.16. The van der Waals surface area contributed by atoms with Crippen molar-refractivity contribution in [1.82, 2.24) is 19.9 Å². The number of hydrogen-bond acceptors (Lipinski definition) is 6. The van der Waals surface area contributed by atoms with E-state index in [1.807, 2.05) is 43.0 Å². The lowest BCUT2D eigenvalue weighted by atomic mass is 10.1. The summed E-state index contributed by atoms with van der Waals surface area (Å²) in [5.41, 5.74) is 3.58. The largest absolute Gasteiger partial charge is 0.478 e. The molecule has 1 N–H and O–H groups in total. The summed E-state index contributed by atoms with van der Waals surface area (Å²) < 4.78 is 5.84. The Bertz CT molecular complexity index is 998. The molecule has 0 aromatic carbocycles. The number of aryl methyl sites for hydroxylation is 1. The molecular weight excluding hydrogens is 402 g/mol. The predicted molar refractivity (Wildman–Crippen MR) is 123 cm³/mol. The molecule has 166 valence electrons. The molecule has 0 saturated carbocycles. The number of amides is 1. The van der Waals surface area contributed by atoms with Crippen LogP contribution in [0.15, 0.2) is 61.2 Å². The second kappa shape index (κ2) is 11.3. The lowest BCUT2D eigenvalue weighted by Gasteiger charge is -2.22. The molecule has 1 aliphatic heterocycles. The minimum absolute atomic E-state index is 0.0164. The lowest BCUT2D eigenvalue weighted by Crippen LogP contribution is -2.27. The fourth-order valence-electron chi connectivity index (χ4n) is 3.77. The Kier molecular flexibility index (Phi) is 7.76. The van der Waals surface area contributed by atoms with E-state index >= 15 is 0 Å². The zero-order valence-corrected chi connectivity index (χ0v) is 18.2. The molecule has 32 heavy (non-hydrogen) atoms. The summed E-state index contributed by atoms with van der Waals surface area (Å²) >= 11 is 0. The molecule has 1 amide bonds. The highest BCUT2D eigenvalue weighted by molar-refractivity contribution is 5.92. The molecule has 7 heteroatoms. The first-order valence-corrected chi connectivity index (χ1v) is 11.2. The van der Waals surface area contributed by atoms with Crippen LogP contribution < -0.4 is 10.1 Å². The predicted octanol–water partition coefficient (Wildman–Crippen LogP) is 3.66. The molecule has 1 aliphatic rings. The van der Waals surface area contributed by atoms with E-state index in [4.69, 9.17) is 4.74 Å². The molecule has 7 nitrogen and oxygen atoms in total. The fourth-order valence-corrected chi connectivity index (χ4v) is 3.77. The zero-order valence-electron chi connectivity index (χ0n) is 18.2. The molecule has 0 radical (unpaired) electrons. The van der Waals surface area contributed by atoms with Gasteiger partial charge in [-0.15, -0.1) is 0 Å². The van der Waals surface area contributed by atoms with Gasteiger partial charge in [0.2, 0.25) is 11.8 Å². The van der Waals surface area contributed by atoms with E-state index in [2.05, 4.69) is 43.4 Å². The first kappa shape index (κ1) is 21.9. The number of aromatic nitrogens is 3. The minimum atomic E-state index is 0.0164. The van der Waals surface area contributed by atoms with Gasteiger partial charge in [-0.05, 0) is 73.2 Å². The fraction of sp³-hybridized carbons (Fsp3) is 0.360. The molecular formula is C25H29N5O2. The topological polar surface area (TPSA) is 80.2 Å². The van der Waals surface area contributed by atoms with Crippen molar-refractivity contribution in [3.63, 3.8) is 0 Å². The van der Waals surface area contributed by atoms with Gasteiger partial charge in [0.25, 0.3) is 0 Å². The van der Waals surface area contributed by atoms with Crippen LogP contribution in [0.2, 0.25) is 0 Å². The van der Waals surface area contributed by atoms with Crippen molar-refractivity contribution >= 4 is 11.7 Å². The number of carbonyl (C=O) groups is 1. The number of fused-ring (bicyclic) bond motifs is 1. The van der Waals surface area contributed by atoms with E-state index in [1.165, 1.54) is 11.1 Å². The normalized spacial score (nSPS) is 13.0. The maximum absolute atomic E-state index is 11.6. The average Bonchev–Trinajstić information content (AvgIpc) is 2.83. The van der Waals surface area contributed by atoms with E-state index in [0.29, 0.717) is 24.7 Å². The van der Waals surface area contributed by atoms with Gasteiger partial charge in [-0.1, -0.05) is 6.07 Å². The number of unbranched alkanes of at least 4 members (excludes halogenated alkanes) is 1. The maximum Gasteiger partial charge on any atom is 0.225 e. The van der Waals surface area contributed by atoms with Crippen molar-refractivity contribution < 1.29 is 9.53 Å². The summed E-state index contributed by atoms with van der Waals surface area (Å²) in [6.45, 7) is 3.46. The molecule has 0 saturated heterocycles. The van der Waals surface area contributed by atoms with Crippen LogP contribution in [0.5, 0.6) is 5.88 Å². The van der Waals surface area contributed by atoms with Crippen molar-refractivity contribution in [1.29, 1.82) is 0 Å². The van der Waals surface area contributed by atoms with Crippen LogP contribution in [0.3, 0.4) is 0 Å². The minimum Gasteiger partial charge on any atom is -0.478 e. The Morgan fingerprint density at radius 2 is 1.84 bits per heavy atom. The van der Waals surface area contributed by atoms with Gasteiger partial charge in [-0.25, -0.2) is 0 Å². The van der Waals surface area contributed by atoms with E-state index in [0.717, 1.165) is 50.9 Å². The molecule has 0 bridgehead atoms. The molecule has 3 aromatic heterocycles. The first-order valence-electron chi connectivity index (χ1n) is 11.2. The highest BCUT2D eigenvalue weighted by atomic mass is 16.5. The molecule has 4 heterocycles. The Morgan fingerprint density at radius 3 is 2.69 bits per heavy atom. The van der Waals surface area contributed by atoms with Crippen molar-refractivity contribution in [2.45, 2.75) is 38.6 Å².